The third-order valence-corrected chi connectivity index (χ3v) is 4.60. The molecule has 0 unspecified atom stereocenters. The number of rotatable bonds is 17. The van der Waals surface area contributed by atoms with Crippen molar-refractivity contribution in [1.29, 1.82) is 0 Å². The van der Waals surface area contributed by atoms with Crippen molar-refractivity contribution in [3.8, 4) is 0 Å². The molecule has 0 aliphatic heterocycles. The summed E-state index contributed by atoms with van der Waals surface area (Å²) in [6, 6.07) is 0. The fourth-order valence-corrected chi connectivity index (χ4v) is 2.46. The Bertz CT molecular complexity index is 972. The molecule has 21 heteroatoms. The molecule has 0 aliphatic rings. The first kappa shape index (κ1) is 40.5. The van der Waals surface area contributed by atoms with Gasteiger partial charge >= 0.3 is 17.9 Å². The average Bonchev–Trinajstić information content (AvgIpc) is 2.73. The van der Waals surface area contributed by atoms with E-state index in [-0.39, 0.29) is 33.4 Å². The summed E-state index contributed by atoms with van der Waals surface area (Å²) in [5, 5.41) is 0. The molecule has 228 valence electrons. The van der Waals surface area contributed by atoms with E-state index in [4.69, 9.17) is 4.74 Å². The lowest BCUT2D eigenvalue weighted by atomic mass is 10.5. The largest absolute Gasteiger partial charge is 0.748 e. The molecular formula is C17H31O18S3-3. The summed E-state index contributed by atoms with van der Waals surface area (Å²) in [7, 11) is -13.3. The summed E-state index contributed by atoms with van der Waals surface area (Å²) < 4.78 is 117. The van der Waals surface area contributed by atoms with E-state index in [1.807, 2.05) is 6.92 Å². The molecule has 0 fully saturated rings. The smallest absolute Gasteiger partial charge is 0.332 e. The van der Waals surface area contributed by atoms with Crippen LogP contribution in [0.1, 0.15) is 27.2 Å². The lowest BCUT2D eigenvalue weighted by Gasteiger charge is -2.07. The molecule has 0 spiro atoms. The lowest BCUT2D eigenvalue weighted by Crippen LogP contribution is -2.19. The third kappa shape index (κ3) is 41.2. The van der Waals surface area contributed by atoms with E-state index in [9.17, 15) is 53.3 Å². The van der Waals surface area contributed by atoms with Crippen LogP contribution in [0.2, 0.25) is 0 Å². The Morgan fingerprint density at radius 2 is 1.05 bits per heavy atom. The van der Waals surface area contributed by atoms with Gasteiger partial charge in [0.25, 0.3) is 0 Å². The normalized spacial score (nSPS) is 11.2. The van der Waals surface area contributed by atoms with Crippen LogP contribution in [0.3, 0.4) is 0 Å². The first-order valence-electron chi connectivity index (χ1n) is 10.4. The maximum atomic E-state index is 10.6. The minimum atomic E-state index is -4.55. The van der Waals surface area contributed by atoms with Crippen molar-refractivity contribution in [2.45, 2.75) is 27.2 Å². The van der Waals surface area contributed by atoms with E-state index in [1.165, 1.54) is 0 Å². The summed E-state index contributed by atoms with van der Waals surface area (Å²) in [4.78, 5) is 31.6. The Labute approximate surface area is 221 Å². The summed E-state index contributed by atoms with van der Waals surface area (Å²) in [6.07, 6.45) is 0.761. The van der Waals surface area contributed by atoms with Crippen molar-refractivity contribution in [2.75, 3.05) is 63.9 Å². The number of carbonyl (C=O) groups excluding carboxylic acids is 3. The molecule has 0 aromatic heterocycles. The summed E-state index contributed by atoms with van der Waals surface area (Å²) in [5.41, 5.74) is 0. The molecular weight excluding hydrogens is 588 g/mol. The van der Waals surface area contributed by atoms with E-state index in [0.717, 1.165) is 6.42 Å². The van der Waals surface area contributed by atoms with Crippen molar-refractivity contribution in [2.24, 2.45) is 0 Å². The highest BCUT2D eigenvalue weighted by Crippen LogP contribution is 1.89. The Balaban J connectivity index is -0.000000484. The van der Waals surface area contributed by atoms with Crippen molar-refractivity contribution in [3.63, 3.8) is 0 Å². The van der Waals surface area contributed by atoms with Gasteiger partial charge in [0, 0.05) is 6.61 Å². The van der Waals surface area contributed by atoms with E-state index >= 15 is 0 Å². The highest BCUT2D eigenvalue weighted by molar-refractivity contribution is 7.86. The van der Waals surface area contributed by atoms with E-state index in [2.05, 4.69) is 23.7 Å². The van der Waals surface area contributed by atoms with Crippen LogP contribution in [0.4, 0.5) is 0 Å². The molecule has 38 heavy (non-hydrogen) atoms. The molecule has 18 nitrogen and oxygen atoms in total. The van der Waals surface area contributed by atoms with Gasteiger partial charge in [0.1, 0.15) is 38.3 Å². The topological polar surface area (TPSA) is 278 Å². The van der Waals surface area contributed by atoms with Crippen LogP contribution in [-0.4, -0.2) is 121 Å². The second kappa shape index (κ2) is 23.0. The molecule has 0 N–H and O–H groups in total. The number of esters is 3. The first-order chi connectivity index (χ1) is 17.4. The van der Waals surface area contributed by atoms with Gasteiger partial charge in [-0.3, -0.25) is 9.59 Å². The predicted molar refractivity (Wildman–Crippen MR) is 121 cm³/mol. The molecule has 0 saturated heterocycles. The SMILES string of the molecule is CCCOCOC(=O)CS(=O)(=O)[O-].CCOC(=O)COCCS(=O)(=O)[O-].CCOCOC(=O)CS(=O)(=O)[O-]. The molecule has 0 amide bonds. The second-order valence-electron chi connectivity index (χ2n) is 6.19. The zero-order chi connectivity index (χ0) is 30.3. The Hall–Kier alpha value is -1.98. The van der Waals surface area contributed by atoms with E-state index in [1.54, 1.807) is 13.8 Å². The molecule has 0 rings (SSSR count). The van der Waals surface area contributed by atoms with Gasteiger partial charge in [0.2, 0.25) is 0 Å². The van der Waals surface area contributed by atoms with Gasteiger partial charge < -0.3 is 42.1 Å². The van der Waals surface area contributed by atoms with Gasteiger partial charge in [0.05, 0.1) is 35.7 Å². The highest BCUT2D eigenvalue weighted by atomic mass is 32.2. The minimum absolute atomic E-state index is 0.238. The number of hydrogen-bond acceptors (Lipinski definition) is 18. The Kier molecular flexibility index (Phi) is 24.5. The van der Waals surface area contributed by atoms with Crippen molar-refractivity contribution >= 4 is 48.3 Å². The zero-order valence-corrected chi connectivity index (χ0v) is 23.3. The molecule has 0 aliphatic carbocycles. The highest BCUT2D eigenvalue weighted by Gasteiger charge is 2.08. The third-order valence-electron chi connectivity index (χ3n) is 2.75. The molecule has 0 bridgehead atoms. The fraction of sp³-hybridized carbons (Fsp3) is 0.824. The second-order valence-corrected chi connectivity index (χ2v) is 10.5. The quantitative estimate of drug-likeness (QED) is 0.0540. The fourth-order valence-electron chi connectivity index (χ4n) is 1.39. The van der Waals surface area contributed by atoms with Crippen LogP contribution in [-0.2, 0) is 73.2 Å². The molecule has 0 aromatic carbocycles. The van der Waals surface area contributed by atoms with Crippen LogP contribution in [0.25, 0.3) is 0 Å². The van der Waals surface area contributed by atoms with Crippen LogP contribution in [0.5, 0.6) is 0 Å². The van der Waals surface area contributed by atoms with Gasteiger partial charge in [-0.25, -0.2) is 30.0 Å². The maximum absolute atomic E-state index is 10.6. The van der Waals surface area contributed by atoms with Crippen LogP contribution in [0.15, 0.2) is 0 Å². The summed E-state index contributed by atoms with van der Waals surface area (Å²) in [5.74, 6) is -5.70. The first-order valence-corrected chi connectivity index (χ1v) is 15.1. The van der Waals surface area contributed by atoms with Gasteiger partial charge in [-0.05, 0) is 20.3 Å². The number of carbonyl (C=O) groups is 3. The van der Waals surface area contributed by atoms with Gasteiger partial charge in [0.15, 0.2) is 13.6 Å². The summed E-state index contributed by atoms with van der Waals surface area (Å²) in [6.45, 7) is 4.92. The van der Waals surface area contributed by atoms with Crippen LogP contribution in [0, 0.1) is 0 Å². The van der Waals surface area contributed by atoms with Crippen molar-refractivity contribution < 1.29 is 81.7 Å². The standard InChI is InChI=1S/2C6H12O6S.C5H10O6S/c1-2-12-6(7)5-11-3-4-13(8,9)10;1-2-3-11-5-12-6(7)4-13(8,9)10;1-2-10-4-11-5(6)3-12(7,8)9/h2*2-5H2,1H3,(H,8,9,10);2-4H2,1H3,(H,7,8,9)/p-3. The van der Waals surface area contributed by atoms with E-state index in [0.29, 0.717) is 13.2 Å². The van der Waals surface area contributed by atoms with Gasteiger partial charge in [-0.15, -0.1) is 0 Å². The molecule has 0 radical (unpaired) electrons. The van der Waals surface area contributed by atoms with Crippen LogP contribution < -0.4 is 0 Å². The number of hydrogen-bond donors (Lipinski definition) is 0. The molecule has 0 aromatic rings. The molecule has 0 saturated carbocycles. The van der Waals surface area contributed by atoms with Gasteiger partial charge in [-0.2, -0.15) is 0 Å². The lowest BCUT2D eigenvalue weighted by molar-refractivity contribution is -0.154. The monoisotopic (exact) mass is 619 g/mol. The van der Waals surface area contributed by atoms with Crippen molar-refractivity contribution in [1.82, 2.24) is 0 Å². The molecule has 0 heterocycles. The maximum Gasteiger partial charge on any atom is 0.332 e. The van der Waals surface area contributed by atoms with E-state index < -0.39 is 65.5 Å². The van der Waals surface area contributed by atoms with Crippen molar-refractivity contribution in [3.05, 3.63) is 0 Å². The van der Waals surface area contributed by atoms with Gasteiger partial charge in [-0.1, -0.05) is 6.92 Å². The van der Waals surface area contributed by atoms with Crippen LogP contribution >= 0.6 is 0 Å². The predicted octanol–water partition coefficient (Wildman–Crippen LogP) is -2.36. The molecule has 0 atom stereocenters. The number of ether oxygens (including phenoxy) is 6. The minimum Gasteiger partial charge on any atom is -0.748 e. The Morgan fingerprint density at radius 3 is 1.42 bits per heavy atom. The summed E-state index contributed by atoms with van der Waals surface area (Å²) >= 11 is 0. The zero-order valence-electron chi connectivity index (χ0n) is 20.9. The average molecular weight is 620 g/mol. The Morgan fingerprint density at radius 1 is 0.579 bits per heavy atom.